The van der Waals surface area contributed by atoms with E-state index in [4.69, 9.17) is 4.74 Å². The molecule has 0 bridgehead atoms. The van der Waals surface area contributed by atoms with Crippen molar-refractivity contribution in [1.29, 1.82) is 0 Å². The number of hydrogen-bond donors (Lipinski definition) is 2. The minimum absolute atomic E-state index is 0.0529. The van der Waals surface area contributed by atoms with Gasteiger partial charge in [-0.25, -0.2) is 4.79 Å². The van der Waals surface area contributed by atoms with E-state index in [1.54, 1.807) is 0 Å². The molecule has 4 nitrogen and oxygen atoms in total. The minimum atomic E-state index is -0.250. The van der Waals surface area contributed by atoms with Crippen molar-refractivity contribution in [1.82, 2.24) is 10.6 Å². The van der Waals surface area contributed by atoms with Crippen LogP contribution in [-0.2, 0) is 0 Å². The number of ether oxygens (including phenoxy) is 1. The molecule has 0 fully saturated rings. The second kappa shape index (κ2) is 7.50. The molecular formula is C18H22N2O2. The third-order valence-electron chi connectivity index (χ3n) is 3.60. The molecule has 2 rings (SSSR count). The second-order valence-electron chi connectivity index (χ2n) is 5.32. The van der Waals surface area contributed by atoms with E-state index in [1.165, 1.54) is 11.1 Å². The van der Waals surface area contributed by atoms with Crippen LogP contribution in [-0.4, -0.2) is 12.8 Å². The molecule has 1 unspecified atom stereocenters. The summed E-state index contributed by atoms with van der Waals surface area (Å²) in [5.41, 5.74) is 3.45. The van der Waals surface area contributed by atoms with Gasteiger partial charge in [0, 0.05) is 0 Å². The lowest BCUT2D eigenvalue weighted by Crippen LogP contribution is -2.38. The fraction of sp³-hybridized carbons (Fsp3) is 0.278. The average molecular weight is 298 g/mol. The molecule has 2 amide bonds. The van der Waals surface area contributed by atoms with E-state index < -0.39 is 0 Å². The van der Waals surface area contributed by atoms with Crippen molar-refractivity contribution in [2.45, 2.75) is 26.8 Å². The van der Waals surface area contributed by atoms with Crippen LogP contribution in [0, 0.1) is 13.8 Å². The Morgan fingerprint density at radius 1 is 1.09 bits per heavy atom. The molecule has 116 valence electrons. The van der Waals surface area contributed by atoms with Gasteiger partial charge in [-0.05, 0) is 49.6 Å². The van der Waals surface area contributed by atoms with Gasteiger partial charge in [0.2, 0.25) is 0 Å². The molecular weight excluding hydrogens is 276 g/mol. The zero-order valence-electron chi connectivity index (χ0n) is 13.2. The lowest BCUT2D eigenvalue weighted by molar-refractivity contribution is 0.221. The van der Waals surface area contributed by atoms with E-state index in [0.717, 1.165) is 11.3 Å². The van der Waals surface area contributed by atoms with Crippen molar-refractivity contribution in [3.63, 3.8) is 0 Å². The lowest BCUT2D eigenvalue weighted by Gasteiger charge is -2.15. The first-order valence-electron chi connectivity index (χ1n) is 7.35. The van der Waals surface area contributed by atoms with Crippen LogP contribution in [0.5, 0.6) is 5.75 Å². The number of carbonyl (C=O) groups excluding carboxylic acids is 1. The Morgan fingerprint density at radius 2 is 1.82 bits per heavy atom. The zero-order valence-corrected chi connectivity index (χ0v) is 13.2. The van der Waals surface area contributed by atoms with Crippen molar-refractivity contribution in [2.75, 3.05) is 6.73 Å². The second-order valence-corrected chi connectivity index (χ2v) is 5.32. The summed E-state index contributed by atoms with van der Waals surface area (Å²) >= 11 is 0. The third kappa shape index (κ3) is 4.52. The smallest absolute Gasteiger partial charge is 0.317 e. The molecule has 2 aromatic rings. The van der Waals surface area contributed by atoms with E-state index in [1.807, 2.05) is 62.4 Å². The van der Waals surface area contributed by atoms with Crippen LogP contribution in [0.4, 0.5) is 4.79 Å². The Kier molecular flexibility index (Phi) is 5.42. The summed E-state index contributed by atoms with van der Waals surface area (Å²) in [6.07, 6.45) is 0. The molecule has 0 aliphatic rings. The standard InChI is InChI=1S/C18H22N2O2/c1-13-9-10-17(11-14(13)2)22-12-19-18(21)20-15(3)16-7-5-4-6-8-16/h4-11,15H,12H2,1-3H3,(H2,19,20,21). The van der Waals surface area contributed by atoms with Crippen molar-refractivity contribution in [2.24, 2.45) is 0 Å². The Hall–Kier alpha value is -2.49. The first-order chi connectivity index (χ1) is 10.6. The molecule has 0 heterocycles. The number of aryl methyl sites for hydroxylation is 2. The molecule has 2 aromatic carbocycles. The van der Waals surface area contributed by atoms with Gasteiger partial charge in [-0.15, -0.1) is 0 Å². The van der Waals surface area contributed by atoms with Crippen LogP contribution in [0.2, 0.25) is 0 Å². The lowest BCUT2D eigenvalue weighted by atomic mass is 10.1. The first-order valence-corrected chi connectivity index (χ1v) is 7.35. The molecule has 1 atom stereocenters. The van der Waals surface area contributed by atoms with Gasteiger partial charge in [-0.1, -0.05) is 36.4 Å². The maximum Gasteiger partial charge on any atom is 0.317 e. The number of carbonyl (C=O) groups is 1. The molecule has 22 heavy (non-hydrogen) atoms. The normalized spacial score (nSPS) is 11.6. The highest BCUT2D eigenvalue weighted by molar-refractivity contribution is 5.74. The van der Waals surface area contributed by atoms with Gasteiger partial charge < -0.3 is 15.4 Å². The minimum Gasteiger partial charge on any atom is -0.473 e. The SMILES string of the molecule is Cc1ccc(OCNC(=O)NC(C)c2ccccc2)cc1C. The van der Waals surface area contributed by atoms with Crippen LogP contribution < -0.4 is 15.4 Å². The highest BCUT2D eigenvalue weighted by Gasteiger charge is 2.08. The molecule has 0 saturated carbocycles. The summed E-state index contributed by atoms with van der Waals surface area (Å²) in [6.45, 7) is 6.16. The number of nitrogens with one attached hydrogen (secondary N) is 2. The number of hydrogen-bond acceptors (Lipinski definition) is 2. The number of benzene rings is 2. The Labute approximate surface area is 131 Å². The topological polar surface area (TPSA) is 50.4 Å². The predicted octanol–water partition coefficient (Wildman–Crippen LogP) is 3.70. The molecule has 0 aliphatic heterocycles. The van der Waals surface area contributed by atoms with Crippen LogP contribution >= 0.6 is 0 Å². The predicted molar refractivity (Wildman–Crippen MR) is 87.9 cm³/mol. The highest BCUT2D eigenvalue weighted by Crippen LogP contribution is 2.16. The van der Waals surface area contributed by atoms with E-state index >= 15 is 0 Å². The van der Waals surface area contributed by atoms with Gasteiger partial charge >= 0.3 is 6.03 Å². The van der Waals surface area contributed by atoms with Crippen LogP contribution in [0.25, 0.3) is 0 Å². The van der Waals surface area contributed by atoms with E-state index in [2.05, 4.69) is 17.6 Å². The van der Waals surface area contributed by atoms with Gasteiger partial charge in [0.05, 0.1) is 6.04 Å². The van der Waals surface area contributed by atoms with Gasteiger partial charge in [-0.3, -0.25) is 0 Å². The van der Waals surface area contributed by atoms with Gasteiger partial charge in [0.25, 0.3) is 0 Å². The van der Waals surface area contributed by atoms with Crippen LogP contribution in [0.1, 0.15) is 29.7 Å². The maximum absolute atomic E-state index is 11.8. The summed E-state index contributed by atoms with van der Waals surface area (Å²) < 4.78 is 5.53. The molecule has 0 spiro atoms. The summed E-state index contributed by atoms with van der Waals surface area (Å²) in [5.74, 6) is 0.750. The maximum atomic E-state index is 11.8. The fourth-order valence-electron chi connectivity index (χ4n) is 2.06. The molecule has 0 radical (unpaired) electrons. The largest absolute Gasteiger partial charge is 0.473 e. The first kappa shape index (κ1) is 15.9. The molecule has 0 saturated heterocycles. The third-order valence-corrected chi connectivity index (χ3v) is 3.60. The average Bonchev–Trinajstić information content (AvgIpc) is 2.51. The van der Waals surface area contributed by atoms with E-state index in [9.17, 15) is 4.79 Å². The monoisotopic (exact) mass is 298 g/mol. The van der Waals surface area contributed by atoms with E-state index in [0.29, 0.717) is 0 Å². The van der Waals surface area contributed by atoms with Gasteiger partial charge in [0.15, 0.2) is 6.73 Å². The molecule has 0 aromatic heterocycles. The quantitative estimate of drug-likeness (QED) is 0.827. The Morgan fingerprint density at radius 3 is 2.50 bits per heavy atom. The summed E-state index contributed by atoms with van der Waals surface area (Å²) in [6, 6.07) is 15.4. The molecule has 0 aliphatic carbocycles. The number of rotatable bonds is 5. The summed E-state index contributed by atoms with van der Waals surface area (Å²) in [4.78, 5) is 11.8. The van der Waals surface area contributed by atoms with Crippen molar-refractivity contribution in [3.05, 3.63) is 65.2 Å². The fourth-order valence-corrected chi connectivity index (χ4v) is 2.06. The van der Waals surface area contributed by atoms with Crippen molar-refractivity contribution < 1.29 is 9.53 Å². The van der Waals surface area contributed by atoms with E-state index in [-0.39, 0.29) is 18.8 Å². The highest BCUT2D eigenvalue weighted by atomic mass is 16.5. The van der Waals surface area contributed by atoms with Gasteiger partial charge in [0.1, 0.15) is 5.75 Å². The van der Waals surface area contributed by atoms with Crippen molar-refractivity contribution >= 4 is 6.03 Å². The Bertz CT molecular complexity index is 626. The molecule has 4 heteroatoms. The summed E-state index contributed by atoms with van der Waals surface area (Å²) in [7, 11) is 0. The van der Waals surface area contributed by atoms with Crippen LogP contribution in [0.3, 0.4) is 0 Å². The van der Waals surface area contributed by atoms with Crippen LogP contribution in [0.15, 0.2) is 48.5 Å². The molecule has 2 N–H and O–H groups in total. The Balaban J connectivity index is 1.77. The summed E-state index contributed by atoms with van der Waals surface area (Å²) in [5, 5.41) is 5.57. The van der Waals surface area contributed by atoms with Gasteiger partial charge in [-0.2, -0.15) is 0 Å². The zero-order chi connectivity index (χ0) is 15.9. The number of urea groups is 1. The number of amides is 2. The van der Waals surface area contributed by atoms with Crippen molar-refractivity contribution in [3.8, 4) is 5.75 Å².